The highest BCUT2D eigenvalue weighted by Gasteiger charge is 2.13. The number of methoxy groups -OCH3 is 1. The van der Waals surface area contributed by atoms with E-state index in [0.29, 0.717) is 18.1 Å². The van der Waals surface area contributed by atoms with Gasteiger partial charge in [0.2, 0.25) is 0 Å². The van der Waals surface area contributed by atoms with Crippen molar-refractivity contribution in [3.8, 4) is 0 Å². The minimum atomic E-state index is 0.322. The molecule has 0 aliphatic rings. The predicted octanol–water partition coefficient (Wildman–Crippen LogP) is 2.29. The quantitative estimate of drug-likeness (QED) is 0.724. The Bertz CT molecular complexity index is 261. The second-order valence-electron chi connectivity index (χ2n) is 4.19. The van der Waals surface area contributed by atoms with Crippen molar-refractivity contribution in [2.75, 3.05) is 7.11 Å². The molecule has 1 aromatic heterocycles. The average molecular weight is 211 g/mol. The van der Waals surface area contributed by atoms with E-state index in [1.807, 2.05) is 0 Å². The van der Waals surface area contributed by atoms with Crippen molar-refractivity contribution in [3.05, 3.63) is 12.4 Å². The predicted molar refractivity (Wildman–Crippen MR) is 59.6 cm³/mol. The van der Waals surface area contributed by atoms with E-state index in [0.717, 1.165) is 12.8 Å². The molecule has 0 aromatic carbocycles. The molecule has 1 heterocycles. The molecule has 0 fully saturated rings. The normalized spacial score (nSPS) is 17.3. The van der Waals surface area contributed by atoms with Gasteiger partial charge < -0.3 is 4.74 Å². The summed E-state index contributed by atoms with van der Waals surface area (Å²) in [5.41, 5.74) is 0. The van der Waals surface area contributed by atoms with Crippen LogP contribution < -0.4 is 0 Å². The van der Waals surface area contributed by atoms with Gasteiger partial charge in [-0.3, -0.25) is 0 Å². The van der Waals surface area contributed by atoms with E-state index < -0.39 is 0 Å². The van der Waals surface area contributed by atoms with E-state index in [-0.39, 0.29) is 0 Å². The van der Waals surface area contributed by atoms with Crippen molar-refractivity contribution < 1.29 is 4.74 Å². The Morgan fingerprint density at radius 3 is 2.27 bits per heavy atom. The zero-order chi connectivity index (χ0) is 11.3. The fraction of sp³-hybridized carbons (Fsp3) is 0.818. The van der Waals surface area contributed by atoms with Crippen LogP contribution in [-0.4, -0.2) is 28.2 Å². The summed E-state index contributed by atoms with van der Waals surface area (Å²) in [6.45, 7) is 6.48. The van der Waals surface area contributed by atoms with Gasteiger partial charge in [0.05, 0.1) is 24.5 Å². The van der Waals surface area contributed by atoms with Crippen LogP contribution in [0.15, 0.2) is 12.4 Å². The lowest BCUT2D eigenvalue weighted by molar-refractivity contribution is 0.0677. The number of rotatable bonds is 6. The van der Waals surface area contributed by atoms with Crippen LogP contribution in [0.5, 0.6) is 0 Å². The van der Waals surface area contributed by atoms with Gasteiger partial charge in [-0.1, -0.05) is 6.92 Å². The van der Waals surface area contributed by atoms with Crippen LogP contribution in [0.2, 0.25) is 0 Å². The summed E-state index contributed by atoms with van der Waals surface area (Å²) in [5, 5.41) is 8.27. The summed E-state index contributed by atoms with van der Waals surface area (Å²) in [4.78, 5) is 1.77. The standard InChI is InChI=1S/C11H21N3O/c1-9(11(3)15-4)5-6-10(2)14-12-7-8-13-14/h7-11H,5-6H2,1-4H3/t9?,10?,11-/m0/s1. The van der Waals surface area contributed by atoms with Gasteiger partial charge >= 0.3 is 0 Å². The fourth-order valence-corrected chi connectivity index (χ4v) is 1.54. The van der Waals surface area contributed by atoms with Gasteiger partial charge in [0.25, 0.3) is 0 Å². The third-order valence-corrected chi connectivity index (χ3v) is 3.04. The van der Waals surface area contributed by atoms with E-state index in [4.69, 9.17) is 4.74 Å². The Morgan fingerprint density at radius 2 is 1.73 bits per heavy atom. The third-order valence-electron chi connectivity index (χ3n) is 3.04. The minimum Gasteiger partial charge on any atom is -0.381 e. The van der Waals surface area contributed by atoms with Crippen molar-refractivity contribution in [3.63, 3.8) is 0 Å². The average Bonchev–Trinajstić information content (AvgIpc) is 2.77. The molecule has 86 valence electrons. The zero-order valence-corrected chi connectivity index (χ0v) is 10.1. The van der Waals surface area contributed by atoms with E-state index in [1.165, 1.54) is 0 Å². The number of ether oxygens (including phenoxy) is 1. The van der Waals surface area contributed by atoms with Crippen molar-refractivity contribution >= 4 is 0 Å². The Kier molecular flexibility index (Phi) is 4.75. The fourth-order valence-electron chi connectivity index (χ4n) is 1.54. The molecule has 0 aliphatic heterocycles. The molecule has 15 heavy (non-hydrogen) atoms. The molecular formula is C11H21N3O. The maximum absolute atomic E-state index is 5.30. The molecule has 3 atom stereocenters. The van der Waals surface area contributed by atoms with Gasteiger partial charge in [-0.2, -0.15) is 15.0 Å². The molecule has 0 N–H and O–H groups in total. The third kappa shape index (κ3) is 3.63. The van der Waals surface area contributed by atoms with Gasteiger partial charge in [0.15, 0.2) is 0 Å². The number of hydrogen-bond donors (Lipinski definition) is 0. The monoisotopic (exact) mass is 211 g/mol. The Labute approximate surface area is 91.6 Å². The van der Waals surface area contributed by atoms with Crippen LogP contribution in [0.4, 0.5) is 0 Å². The lowest BCUT2D eigenvalue weighted by Crippen LogP contribution is -2.18. The van der Waals surface area contributed by atoms with Crippen molar-refractivity contribution in [2.24, 2.45) is 5.92 Å². The van der Waals surface area contributed by atoms with Crippen LogP contribution >= 0.6 is 0 Å². The minimum absolute atomic E-state index is 0.322. The first kappa shape index (κ1) is 12.2. The van der Waals surface area contributed by atoms with Crippen LogP contribution in [0.25, 0.3) is 0 Å². The van der Waals surface area contributed by atoms with Gasteiger partial charge in [0, 0.05) is 7.11 Å². The second kappa shape index (κ2) is 5.85. The van der Waals surface area contributed by atoms with E-state index in [1.54, 1.807) is 24.3 Å². The van der Waals surface area contributed by atoms with Crippen LogP contribution in [-0.2, 0) is 4.74 Å². The molecule has 0 radical (unpaired) electrons. The maximum atomic E-state index is 5.30. The van der Waals surface area contributed by atoms with Crippen molar-refractivity contribution in [1.82, 2.24) is 15.0 Å². The topological polar surface area (TPSA) is 39.9 Å². The summed E-state index contributed by atoms with van der Waals surface area (Å²) in [6.07, 6.45) is 5.99. The summed E-state index contributed by atoms with van der Waals surface area (Å²) >= 11 is 0. The highest BCUT2D eigenvalue weighted by Crippen LogP contribution is 2.18. The first-order valence-electron chi connectivity index (χ1n) is 5.53. The Balaban J connectivity index is 2.31. The number of nitrogens with zero attached hydrogens (tertiary/aromatic N) is 3. The lowest BCUT2D eigenvalue weighted by atomic mass is 9.98. The SMILES string of the molecule is CO[C@@H](C)C(C)CCC(C)n1nccn1. The molecule has 0 aliphatic carbocycles. The van der Waals surface area contributed by atoms with Gasteiger partial charge in [0.1, 0.15) is 0 Å². The van der Waals surface area contributed by atoms with Crippen LogP contribution in [0.3, 0.4) is 0 Å². The van der Waals surface area contributed by atoms with Crippen molar-refractivity contribution in [1.29, 1.82) is 0 Å². The molecule has 2 unspecified atom stereocenters. The molecule has 0 saturated carbocycles. The molecule has 0 saturated heterocycles. The summed E-state index contributed by atoms with van der Waals surface area (Å²) in [7, 11) is 1.76. The first-order chi connectivity index (χ1) is 7.15. The maximum Gasteiger partial charge on any atom is 0.0693 e. The van der Waals surface area contributed by atoms with Crippen molar-refractivity contribution in [2.45, 2.75) is 45.8 Å². The second-order valence-corrected chi connectivity index (χ2v) is 4.19. The summed E-state index contributed by atoms with van der Waals surface area (Å²) in [6, 6.07) is 0.367. The van der Waals surface area contributed by atoms with E-state index in [9.17, 15) is 0 Å². The van der Waals surface area contributed by atoms with E-state index >= 15 is 0 Å². The Morgan fingerprint density at radius 1 is 1.13 bits per heavy atom. The highest BCUT2D eigenvalue weighted by atomic mass is 16.5. The number of aromatic nitrogens is 3. The molecule has 1 aromatic rings. The zero-order valence-electron chi connectivity index (χ0n) is 10.1. The van der Waals surface area contributed by atoms with Gasteiger partial charge in [-0.05, 0) is 32.6 Å². The Hall–Kier alpha value is -0.900. The molecule has 4 nitrogen and oxygen atoms in total. The molecule has 4 heteroatoms. The van der Waals surface area contributed by atoms with Gasteiger partial charge in [-0.15, -0.1) is 0 Å². The summed E-state index contributed by atoms with van der Waals surface area (Å²) in [5.74, 6) is 0.577. The first-order valence-corrected chi connectivity index (χ1v) is 5.53. The number of hydrogen-bond acceptors (Lipinski definition) is 3. The highest BCUT2D eigenvalue weighted by molar-refractivity contribution is 4.67. The smallest absolute Gasteiger partial charge is 0.0693 e. The molecule has 0 bridgehead atoms. The molecular weight excluding hydrogens is 190 g/mol. The molecule has 0 spiro atoms. The molecule has 0 amide bonds. The van der Waals surface area contributed by atoms with Gasteiger partial charge in [-0.25, -0.2) is 0 Å². The van der Waals surface area contributed by atoms with Crippen LogP contribution in [0, 0.1) is 5.92 Å². The van der Waals surface area contributed by atoms with E-state index in [2.05, 4.69) is 31.0 Å². The molecule has 1 rings (SSSR count). The van der Waals surface area contributed by atoms with Crippen LogP contribution in [0.1, 0.15) is 39.7 Å². The summed E-state index contributed by atoms with van der Waals surface area (Å²) < 4.78 is 5.30. The lowest BCUT2D eigenvalue weighted by Gasteiger charge is -2.20. The largest absolute Gasteiger partial charge is 0.381 e.